The lowest BCUT2D eigenvalue weighted by atomic mass is 9.84. The third-order valence-corrected chi connectivity index (χ3v) is 5.15. The standard InChI is InChI=1S/C19H30O2/c1-6-7-8-9-11-19(5)12-10-16-15(4)17(20)13(2)14(3)18(16)21-19/h20H,6-12H2,1-5H3/t19-/m0/s1. The van der Waals surface area contributed by atoms with Gasteiger partial charge in [0.25, 0.3) is 0 Å². The van der Waals surface area contributed by atoms with Gasteiger partial charge in [-0.3, -0.25) is 0 Å². The summed E-state index contributed by atoms with van der Waals surface area (Å²) < 4.78 is 6.44. The summed E-state index contributed by atoms with van der Waals surface area (Å²) in [7, 11) is 0. The van der Waals surface area contributed by atoms with Crippen molar-refractivity contribution in [3.05, 3.63) is 22.3 Å². The Hall–Kier alpha value is -1.18. The quantitative estimate of drug-likeness (QED) is 0.738. The summed E-state index contributed by atoms with van der Waals surface area (Å²) in [5, 5.41) is 10.2. The lowest BCUT2D eigenvalue weighted by Gasteiger charge is -2.38. The van der Waals surface area contributed by atoms with Crippen molar-refractivity contribution in [1.82, 2.24) is 0 Å². The first-order valence-electron chi connectivity index (χ1n) is 8.40. The molecule has 2 nitrogen and oxygen atoms in total. The summed E-state index contributed by atoms with van der Waals surface area (Å²) >= 11 is 0. The fraction of sp³-hybridized carbons (Fsp3) is 0.684. The van der Waals surface area contributed by atoms with E-state index in [9.17, 15) is 5.11 Å². The summed E-state index contributed by atoms with van der Waals surface area (Å²) in [6.07, 6.45) is 8.33. The van der Waals surface area contributed by atoms with Crippen LogP contribution in [0.4, 0.5) is 0 Å². The topological polar surface area (TPSA) is 29.5 Å². The Morgan fingerprint density at radius 1 is 1.05 bits per heavy atom. The van der Waals surface area contributed by atoms with E-state index in [1.807, 2.05) is 13.8 Å². The van der Waals surface area contributed by atoms with Gasteiger partial charge >= 0.3 is 0 Å². The van der Waals surface area contributed by atoms with Crippen molar-refractivity contribution in [2.45, 2.75) is 85.2 Å². The van der Waals surface area contributed by atoms with Gasteiger partial charge < -0.3 is 9.84 Å². The number of hydrogen-bond donors (Lipinski definition) is 1. The Labute approximate surface area is 129 Å². The number of phenolic OH excluding ortho intramolecular Hbond substituents is 1. The second-order valence-electron chi connectivity index (χ2n) is 6.89. The minimum Gasteiger partial charge on any atom is -0.507 e. The first-order valence-corrected chi connectivity index (χ1v) is 8.40. The van der Waals surface area contributed by atoms with E-state index in [2.05, 4.69) is 20.8 Å². The Morgan fingerprint density at radius 2 is 1.76 bits per heavy atom. The Morgan fingerprint density at radius 3 is 2.43 bits per heavy atom. The average Bonchev–Trinajstić information content (AvgIpc) is 2.47. The second kappa shape index (κ2) is 6.29. The van der Waals surface area contributed by atoms with Gasteiger partial charge in [-0.25, -0.2) is 0 Å². The molecule has 1 aliphatic rings. The Balaban J connectivity index is 2.20. The van der Waals surface area contributed by atoms with Crippen LogP contribution in [0.2, 0.25) is 0 Å². The Bertz CT molecular complexity index is 519. The molecule has 1 aromatic carbocycles. The highest BCUT2D eigenvalue weighted by Gasteiger charge is 2.33. The van der Waals surface area contributed by atoms with E-state index in [0.29, 0.717) is 5.75 Å². The maximum Gasteiger partial charge on any atom is 0.127 e. The predicted molar refractivity (Wildman–Crippen MR) is 88.4 cm³/mol. The maximum atomic E-state index is 10.2. The molecule has 2 rings (SSSR count). The zero-order chi connectivity index (χ0) is 15.6. The summed E-state index contributed by atoms with van der Waals surface area (Å²) in [5.74, 6) is 1.48. The lowest BCUT2D eigenvalue weighted by Crippen LogP contribution is -2.37. The van der Waals surface area contributed by atoms with Crippen LogP contribution in [0.15, 0.2) is 0 Å². The molecule has 0 fully saturated rings. The summed E-state index contributed by atoms with van der Waals surface area (Å²) in [5.41, 5.74) is 4.23. The van der Waals surface area contributed by atoms with E-state index in [0.717, 1.165) is 41.7 Å². The molecule has 0 unspecified atom stereocenters. The van der Waals surface area contributed by atoms with E-state index in [1.54, 1.807) is 0 Å². The van der Waals surface area contributed by atoms with Gasteiger partial charge in [0.05, 0.1) is 0 Å². The van der Waals surface area contributed by atoms with Crippen LogP contribution in [0.5, 0.6) is 11.5 Å². The highest BCUT2D eigenvalue weighted by molar-refractivity contribution is 5.58. The van der Waals surface area contributed by atoms with Gasteiger partial charge in [0.1, 0.15) is 17.1 Å². The van der Waals surface area contributed by atoms with Crippen LogP contribution >= 0.6 is 0 Å². The van der Waals surface area contributed by atoms with Crippen LogP contribution in [0, 0.1) is 20.8 Å². The Kier molecular flexibility index (Phi) is 4.85. The van der Waals surface area contributed by atoms with Gasteiger partial charge in [-0.1, -0.05) is 26.2 Å². The fourth-order valence-electron chi connectivity index (χ4n) is 3.40. The van der Waals surface area contributed by atoms with Crippen molar-refractivity contribution in [3.8, 4) is 11.5 Å². The largest absolute Gasteiger partial charge is 0.507 e. The van der Waals surface area contributed by atoms with E-state index < -0.39 is 0 Å². The average molecular weight is 290 g/mol. The molecule has 1 aliphatic heterocycles. The zero-order valence-electron chi connectivity index (χ0n) is 14.3. The molecule has 21 heavy (non-hydrogen) atoms. The van der Waals surface area contributed by atoms with E-state index in [-0.39, 0.29) is 5.60 Å². The van der Waals surface area contributed by atoms with Gasteiger partial charge in [0.2, 0.25) is 0 Å². The minimum absolute atomic E-state index is 0.0403. The lowest BCUT2D eigenvalue weighted by molar-refractivity contribution is 0.0522. The van der Waals surface area contributed by atoms with Crippen LogP contribution in [-0.2, 0) is 6.42 Å². The predicted octanol–water partition coefficient (Wildman–Crippen LogP) is 5.37. The molecule has 0 radical (unpaired) electrons. The zero-order valence-corrected chi connectivity index (χ0v) is 14.3. The van der Waals surface area contributed by atoms with E-state index in [1.165, 1.54) is 31.2 Å². The molecule has 0 aliphatic carbocycles. The molecule has 0 saturated heterocycles. The molecule has 0 amide bonds. The molecule has 1 N–H and O–H groups in total. The van der Waals surface area contributed by atoms with Crippen molar-refractivity contribution in [1.29, 1.82) is 0 Å². The van der Waals surface area contributed by atoms with Crippen LogP contribution in [0.3, 0.4) is 0 Å². The minimum atomic E-state index is -0.0403. The van der Waals surface area contributed by atoms with Gasteiger partial charge in [-0.2, -0.15) is 0 Å². The molecule has 2 heteroatoms. The summed E-state index contributed by atoms with van der Waals surface area (Å²) in [4.78, 5) is 0. The highest BCUT2D eigenvalue weighted by atomic mass is 16.5. The summed E-state index contributed by atoms with van der Waals surface area (Å²) in [6.45, 7) is 10.5. The molecular formula is C19H30O2. The van der Waals surface area contributed by atoms with Gasteiger partial charge in [0, 0.05) is 5.56 Å². The van der Waals surface area contributed by atoms with Crippen LogP contribution < -0.4 is 4.74 Å². The monoisotopic (exact) mass is 290 g/mol. The molecule has 1 heterocycles. The van der Waals surface area contributed by atoms with Crippen LogP contribution in [-0.4, -0.2) is 10.7 Å². The fourth-order valence-corrected chi connectivity index (χ4v) is 3.40. The van der Waals surface area contributed by atoms with Crippen molar-refractivity contribution in [3.63, 3.8) is 0 Å². The second-order valence-corrected chi connectivity index (χ2v) is 6.89. The number of rotatable bonds is 5. The van der Waals surface area contributed by atoms with Gasteiger partial charge in [0.15, 0.2) is 0 Å². The van der Waals surface area contributed by atoms with Crippen LogP contribution in [0.25, 0.3) is 0 Å². The smallest absolute Gasteiger partial charge is 0.127 e. The van der Waals surface area contributed by atoms with E-state index in [4.69, 9.17) is 4.74 Å². The number of fused-ring (bicyclic) bond motifs is 1. The number of ether oxygens (including phenoxy) is 1. The molecule has 1 aromatic rings. The number of phenols is 1. The molecule has 118 valence electrons. The van der Waals surface area contributed by atoms with Crippen molar-refractivity contribution in [2.24, 2.45) is 0 Å². The first kappa shape index (κ1) is 16.2. The number of aromatic hydroxyl groups is 1. The highest BCUT2D eigenvalue weighted by Crippen LogP contribution is 2.44. The third-order valence-electron chi connectivity index (χ3n) is 5.15. The van der Waals surface area contributed by atoms with Gasteiger partial charge in [-0.15, -0.1) is 0 Å². The number of hydrogen-bond acceptors (Lipinski definition) is 2. The number of benzene rings is 1. The maximum absolute atomic E-state index is 10.2. The first-order chi connectivity index (χ1) is 9.89. The van der Waals surface area contributed by atoms with Crippen molar-refractivity contribution in [2.75, 3.05) is 0 Å². The third kappa shape index (κ3) is 3.20. The summed E-state index contributed by atoms with van der Waals surface area (Å²) in [6, 6.07) is 0. The molecular weight excluding hydrogens is 260 g/mol. The molecule has 0 spiro atoms. The van der Waals surface area contributed by atoms with Crippen molar-refractivity contribution < 1.29 is 9.84 Å². The molecule has 0 bridgehead atoms. The molecule has 0 saturated carbocycles. The molecule has 0 aromatic heterocycles. The van der Waals surface area contributed by atoms with Crippen LogP contribution in [0.1, 0.15) is 74.6 Å². The normalized spacial score (nSPS) is 21.0. The van der Waals surface area contributed by atoms with Gasteiger partial charge in [-0.05, 0) is 70.1 Å². The van der Waals surface area contributed by atoms with Crippen molar-refractivity contribution >= 4 is 0 Å². The number of unbranched alkanes of at least 4 members (excludes halogenated alkanes) is 3. The SMILES string of the molecule is CCCCCC[C@@]1(C)CCc2c(C)c(O)c(C)c(C)c2O1. The van der Waals surface area contributed by atoms with E-state index >= 15 is 0 Å². The molecule has 1 atom stereocenters.